The largest absolute Gasteiger partial charge is 0.338 e. The lowest BCUT2D eigenvalue weighted by Crippen LogP contribution is -2.49. The van der Waals surface area contributed by atoms with Gasteiger partial charge in [0.05, 0.1) is 0 Å². The van der Waals surface area contributed by atoms with Gasteiger partial charge >= 0.3 is 0 Å². The predicted octanol–water partition coefficient (Wildman–Crippen LogP) is 2.69. The van der Waals surface area contributed by atoms with Crippen LogP contribution in [0.4, 0.5) is 0 Å². The zero-order valence-corrected chi connectivity index (χ0v) is 15.6. The van der Waals surface area contributed by atoms with Crippen LogP contribution >= 0.6 is 0 Å². The Bertz CT molecular complexity index is 756. The minimum Gasteiger partial charge on any atom is -0.338 e. The van der Waals surface area contributed by atoms with E-state index in [1.54, 1.807) is 11.5 Å². The van der Waals surface area contributed by atoms with E-state index in [4.69, 9.17) is 5.21 Å². The Morgan fingerprint density at radius 2 is 1.81 bits per heavy atom. The summed E-state index contributed by atoms with van der Waals surface area (Å²) >= 11 is 0. The Morgan fingerprint density at radius 1 is 1.15 bits per heavy atom. The lowest BCUT2D eigenvalue weighted by atomic mass is 9.49. The average molecular weight is 369 g/mol. The highest BCUT2D eigenvalue weighted by Gasteiger charge is 2.51. The van der Waals surface area contributed by atoms with Crippen molar-refractivity contribution in [1.82, 2.24) is 15.4 Å². The Balaban J connectivity index is 1.28. The van der Waals surface area contributed by atoms with Crippen molar-refractivity contribution in [2.45, 2.75) is 57.9 Å². The summed E-state index contributed by atoms with van der Waals surface area (Å²) in [5, 5.41) is 8.76. The molecule has 27 heavy (non-hydrogen) atoms. The van der Waals surface area contributed by atoms with Gasteiger partial charge in [0.2, 0.25) is 5.91 Å². The first-order valence-corrected chi connectivity index (χ1v) is 10.2. The number of hydrogen-bond donors (Lipinski definition) is 2. The summed E-state index contributed by atoms with van der Waals surface area (Å²) in [4.78, 5) is 31.0. The van der Waals surface area contributed by atoms with Crippen LogP contribution in [0.25, 0.3) is 0 Å². The zero-order valence-electron chi connectivity index (χ0n) is 15.6. The van der Waals surface area contributed by atoms with Gasteiger partial charge < -0.3 is 4.90 Å². The fraction of sp³-hybridized carbons (Fsp3) is 0.667. The smallest absolute Gasteiger partial charge is 0.293 e. The van der Waals surface area contributed by atoms with Gasteiger partial charge in [-0.15, -0.1) is 0 Å². The summed E-state index contributed by atoms with van der Waals surface area (Å²) in [7, 11) is 0. The van der Waals surface area contributed by atoms with Gasteiger partial charge in [-0.3, -0.25) is 14.8 Å². The van der Waals surface area contributed by atoms with Crippen LogP contribution in [0.15, 0.2) is 12.1 Å². The number of hydrogen-bond acceptors (Lipinski definition) is 4. The maximum atomic E-state index is 13.1. The molecule has 2 N–H and O–H groups in total. The van der Waals surface area contributed by atoms with Crippen molar-refractivity contribution in [2.75, 3.05) is 6.54 Å². The van der Waals surface area contributed by atoms with E-state index in [1.807, 2.05) is 11.0 Å². The third-order valence-corrected chi connectivity index (χ3v) is 7.43. The average Bonchev–Trinajstić information content (AvgIpc) is 2.65. The lowest BCUT2D eigenvalue weighted by molar-refractivity contribution is -0.140. The molecule has 0 saturated heterocycles. The van der Waals surface area contributed by atoms with Crippen molar-refractivity contribution < 1.29 is 14.8 Å². The number of nitrogens with one attached hydrogen (secondary N) is 1. The first-order valence-electron chi connectivity index (χ1n) is 10.2. The number of amides is 2. The maximum absolute atomic E-state index is 13.1. The minimum absolute atomic E-state index is 0.213. The van der Waals surface area contributed by atoms with Crippen molar-refractivity contribution in [3.05, 3.63) is 29.1 Å². The lowest BCUT2D eigenvalue weighted by Gasteiger charge is -2.57. The number of rotatable bonds is 3. The number of fused-ring (bicyclic) bond motifs is 1. The molecular formula is C21H27N3O3. The second kappa shape index (κ2) is 6.30. The SMILES string of the molecule is O=C(NO)c1ccc2c(n1)CCN(C(=O)CC13CC4CC(CC(C4)C1)C3)C2. The van der Waals surface area contributed by atoms with Crippen molar-refractivity contribution in [1.29, 1.82) is 0 Å². The van der Waals surface area contributed by atoms with Crippen molar-refractivity contribution in [3.8, 4) is 0 Å². The Hall–Kier alpha value is -1.95. The summed E-state index contributed by atoms with van der Waals surface area (Å²) in [6, 6.07) is 3.47. The third-order valence-electron chi connectivity index (χ3n) is 7.43. The van der Waals surface area contributed by atoms with Crippen molar-refractivity contribution >= 4 is 11.8 Å². The fourth-order valence-electron chi connectivity index (χ4n) is 6.75. The van der Waals surface area contributed by atoms with E-state index < -0.39 is 5.91 Å². The van der Waals surface area contributed by atoms with Crippen LogP contribution in [-0.4, -0.2) is 33.5 Å². The van der Waals surface area contributed by atoms with Gasteiger partial charge in [0, 0.05) is 31.6 Å². The van der Waals surface area contributed by atoms with E-state index in [0.717, 1.165) is 29.0 Å². The Morgan fingerprint density at radius 3 is 2.44 bits per heavy atom. The third kappa shape index (κ3) is 3.04. The monoisotopic (exact) mass is 369 g/mol. The first-order chi connectivity index (χ1) is 13.0. The van der Waals surface area contributed by atoms with E-state index in [1.165, 1.54) is 38.5 Å². The summed E-state index contributed by atoms with van der Waals surface area (Å²) < 4.78 is 0. The first kappa shape index (κ1) is 17.2. The van der Waals surface area contributed by atoms with Gasteiger partial charge in [0.1, 0.15) is 5.69 Å². The molecule has 2 heterocycles. The molecule has 4 aliphatic carbocycles. The molecule has 144 valence electrons. The molecule has 2 amide bonds. The van der Waals surface area contributed by atoms with Crippen molar-refractivity contribution in [3.63, 3.8) is 0 Å². The number of pyridine rings is 1. The van der Waals surface area contributed by atoms with Crippen LogP contribution < -0.4 is 5.48 Å². The molecule has 0 radical (unpaired) electrons. The molecule has 5 aliphatic rings. The number of aromatic nitrogens is 1. The topological polar surface area (TPSA) is 82.5 Å². The molecule has 4 fully saturated rings. The van der Waals surface area contributed by atoms with Gasteiger partial charge in [0.15, 0.2) is 0 Å². The molecular weight excluding hydrogens is 342 g/mol. The van der Waals surface area contributed by atoms with E-state index >= 15 is 0 Å². The molecule has 0 aromatic carbocycles. The van der Waals surface area contributed by atoms with Crippen LogP contribution in [0, 0.1) is 23.2 Å². The highest BCUT2D eigenvalue weighted by Crippen LogP contribution is 2.61. The molecule has 4 saturated carbocycles. The van der Waals surface area contributed by atoms with E-state index in [2.05, 4.69) is 4.98 Å². The molecule has 1 aromatic heterocycles. The summed E-state index contributed by atoms with van der Waals surface area (Å²) in [5.74, 6) is 2.29. The normalized spacial score (nSPS) is 33.7. The second-order valence-electron chi connectivity index (χ2n) is 9.40. The molecule has 6 nitrogen and oxygen atoms in total. The number of hydroxylamine groups is 1. The summed E-state index contributed by atoms with van der Waals surface area (Å²) in [6.07, 6.45) is 9.36. The van der Waals surface area contributed by atoms with E-state index in [9.17, 15) is 9.59 Å². The van der Waals surface area contributed by atoms with Gasteiger partial charge in [-0.05, 0) is 73.3 Å². The summed E-state index contributed by atoms with van der Waals surface area (Å²) in [5.41, 5.74) is 3.97. The molecule has 0 atom stereocenters. The minimum atomic E-state index is -0.599. The zero-order chi connectivity index (χ0) is 18.6. The van der Waals surface area contributed by atoms with Gasteiger partial charge in [0.25, 0.3) is 5.91 Å². The van der Waals surface area contributed by atoms with Crippen LogP contribution in [0.1, 0.15) is 66.7 Å². The molecule has 1 aliphatic heterocycles. The highest BCUT2D eigenvalue weighted by atomic mass is 16.5. The Labute approximate surface area is 159 Å². The van der Waals surface area contributed by atoms with Crippen LogP contribution in [0.2, 0.25) is 0 Å². The predicted molar refractivity (Wildman–Crippen MR) is 97.8 cm³/mol. The molecule has 0 unspecified atom stereocenters. The van der Waals surface area contributed by atoms with Gasteiger partial charge in [-0.2, -0.15) is 0 Å². The molecule has 6 heteroatoms. The van der Waals surface area contributed by atoms with Crippen LogP contribution in [0.5, 0.6) is 0 Å². The molecule has 6 rings (SSSR count). The molecule has 0 spiro atoms. The maximum Gasteiger partial charge on any atom is 0.293 e. The van der Waals surface area contributed by atoms with Crippen LogP contribution in [-0.2, 0) is 17.8 Å². The summed E-state index contributed by atoms with van der Waals surface area (Å²) in [6.45, 7) is 1.24. The standard InChI is InChI=1S/C21H27N3O3/c25-19(11-21-8-13-5-14(9-21)7-15(6-13)10-21)24-4-3-17-16(12-24)1-2-18(22-17)20(26)23-27/h1-2,13-15,27H,3-12H2,(H,23,26). The van der Waals surface area contributed by atoms with E-state index in [-0.39, 0.29) is 11.1 Å². The number of nitrogens with zero attached hydrogens (tertiary/aromatic N) is 2. The fourth-order valence-corrected chi connectivity index (χ4v) is 6.75. The second-order valence-corrected chi connectivity index (χ2v) is 9.40. The highest BCUT2D eigenvalue weighted by molar-refractivity contribution is 5.91. The quantitative estimate of drug-likeness (QED) is 0.634. The molecule has 1 aromatic rings. The Kier molecular flexibility index (Phi) is 4.00. The number of carbonyl (C=O) groups is 2. The van der Waals surface area contributed by atoms with Crippen molar-refractivity contribution in [2.24, 2.45) is 23.2 Å². The van der Waals surface area contributed by atoms with Gasteiger partial charge in [-0.1, -0.05) is 6.07 Å². The van der Waals surface area contributed by atoms with Crippen LogP contribution in [0.3, 0.4) is 0 Å². The van der Waals surface area contributed by atoms with Gasteiger partial charge in [-0.25, -0.2) is 10.5 Å². The molecule has 4 bridgehead atoms. The van der Waals surface area contributed by atoms with E-state index in [0.29, 0.717) is 31.8 Å². The number of carbonyl (C=O) groups excluding carboxylic acids is 2.